The molecule has 0 aliphatic rings. The van der Waals surface area contributed by atoms with Gasteiger partial charge < -0.3 is 10.1 Å². The van der Waals surface area contributed by atoms with Crippen molar-refractivity contribution in [2.24, 2.45) is 0 Å². The van der Waals surface area contributed by atoms with Crippen molar-refractivity contribution in [1.82, 2.24) is 9.78 Å². The van der Waals surface area contributed by atoms with Gasteiger partial charge in [0.2, 0.25) is 5.91 Å². The largest absolute Gasteiger partial charge is 0.495 e. The number of ether oxygens (including phenoxy) is 1. The minimum absolute atomic E-state index is 0.0419. The lowest BCUT2D eigenvalue weighted by Crippen LogP contribution is -2.15. The van der Waals surface area contributed by atoms with Crippen LogP contribution in [-0.4, -0.2) is 31.2 Å². The molecule has 0 atom stereocenters. The molecule has 0 saturated heterocycles. The molecule has 0 bridgehead atoms. The summed E-state index contributed by atoms with van der Waals surface area (Å²) in [6.45, 7) is 6.84. The topological polar surface area (TPSA) is 102 Å². The number of methoxy groups -OCH3 is 1. The Hall–Kier alpha value is -2.55. The molecule has 2 N–H and O–H groups in total. The highest BCUT2D eigenvalue weighted by atomic mass is 32.2. The summed E-state index contributed by atoms with van der Waals surface area (Å²) < 4.78 is 34.8. The molecule has 1 aromatic heterocycles. The van der Waals surface area contributed by atoms with Crippen LogP contribution in [0.1, 0.15) is 32.5 Å². The van der Waals surface area contributed by atoms with Crippen LogP contribution in [0.2, 0.25) is 0 Å². The highest BCUT2D eigenvalue weighted by molar-refractivity contribution is 7.92. The number of sulfonamides is 1. The molecule has 2 aromatic rings. The number of rotatable bonds is 6. The van der Waals surface area contributed by atoms with E-state index in [1.54, 1.807) is 23.7 Å². The van der Waals surface area contributed by atoms with Crippen LogP contribution >= 0.6 is 0 Å². The zero-order chi connectivity index (χ0) is 18.8. The summed E-state index contributed by atoms with van der Waals surface area (Å²) in [7, 11) is -2.42. The maximum absolute atomic E-state index is 12.8. The van der Waals surface area contributed by atoms with Crippen molar-refractivity contribution >= 4 is 27.3 Å². The summed E-state index contributed by atoms with van der Waals surface area (Å²) in [6, 6.07) is 4.74. The lowest BCUT2D eigenvalue weighted by molar-refractivity contribution is -0.114. The number of anilines is 2. The van der Waals surface area contributed by atoms with E-state index in [9.17, 15) is 13.2 Å². The van der Waals surface area contributed by atoms with Crippen LogP contribution in [0.3, 0.4) is 0 Å². The molecule has 2 rings (SSSR count). The van der Waals surface area contributed by atoms with Gasteiger partial charge in [-0.2, -0.15) is 5.10 Å². The van der Waals surface area contributed by atoms with Gasteiger partial charge in [-0.3, -0.25) is 14.2 Å². The highest BCUT2D eigenvalue weighted by Crippen LogP contribution is 2.30. The minimum Gasteiger partial charge on any atom is -0.495 e. The summed E-state index contributed by atoms with van der Waals surface area (Å²) in [5.74, 6) is 0.0830. The molecule has 9 heteroatoms. The fourth-order valence-corrected chi connectivity index (χ4v) is 3.50. The van der Waals surface area contributed by atoms with Crippen LogP contribution in [0.15, 0.2) is 29.3 Å². The number of carbonyl (C=O) groups is 1. The smallest absolute Gasteiger partial charge is 0.265 e. The first-order valence-electron chi connectivity index (χ1n) is 7.68. The highest BCUT2D eigenvalue weighted by Gasteiger charge is 2.23. The molecule has 0 saturated carbocycles. The van der Waals surface area contributed by atoms with Gasteiger partial charge in [-0.25, -0.2) is 8.42 Å². The number of carbonyl (C=O) groups excluding carboxylic acids is 1. The van der Waals surface area contributed by atoms with Crippen LogP contribution in [0, 0.1) is 6.92 Å². The predicted octanol–water partition coefficient (Wildman–Crippen LogP) is 2.54. The Labute approximate surface area is 147 Å². The lowest BCUT2D eigenvalue weighted by atomic mass is 10.2. The number of nitrogens with one attached hydrogen (secondary N) is 2. The average molecular weight is 366 g/mol. The fraction of sp³-hybridized carbons (Fsp3) is 0.375. The standard InChI is InChI=1S/C16H22N4O4S/c1-10(2)20-9-16(11(3)18-20)25(22,23)19-14-8-13(17-12(4)21)6-7-15(14)24-5/h6-10,19H,1-5H3,(H,17,21). The third-order valence-electron chi connectivity index (χ3n) is 3.45. The van der Waals surface area contributed by atoms with Crippen molar-refractivity contribution < 1.29 is 17.9 Å². The van der Waals surface area contributed by atoms with E-state index in [4.69, 9.17) is 4.74 Å². The van der Waals surface area contributed by atoms with Gasteiger partial charge in [0.05, 0.1) is 18.5 Å². The van der Waals surface area contributed by atoms with E-state index in [0.29, 0.717) is 17.1 Å². The van der Waals surface area contributed by atoms with Gasteiger partial charge in [-0.1, -0.05) is 0 Å². The second-order valence-corrected chi connectivity index (χ2v) is 7.51. The number of benzene rings is 1. The van der Waals surface area contributed by atoms with Gasteiger partial charge in [0, 0.05) is 24.8 Å². The first kappa shape index (κ1) is 18.8. The van der Waals surface area contributed by atoms with Crippen LogP contribution in [-0.2, 0) is 14.8 Å². The summed E-state index contributed by atoms with van der Waals surface area (Å²) >= 11 is 0. The molecule has 1 heterocycles. The van der Waals surface area contributed by atoms with Crippen LogP contribution in [0.4, 0.5) is 11.4 Å². The van der Waals surface area contributed by atoms with E-state index in [1.807, 2.05) is 13.8 Å². The Balaban J connectivity index is 2.41. The molecule has 1 amide bonds. The van der Waals surface area contributed by atoms with Gasteiger partial charge in [-0.05, 0) is 39.0 Å². The third-order valence-corrected chi connectivity index (χ3v) is 4.92. The van der Waals surface area contributed by atoms with Crippen molar-refractivity contribution in [1.29, 1.82) is 0 Å². The second-order valence-electron chi connectivity index (χ2n) is 5.85. The molecule has 0 aliphatic carbocycles. The number of hydrogen-bond donors (Lipinski definition) is 2. The molecule has 0 aliphatic heterocycles. The number of aromatic nitrogens is 2. The maximum atomic E-state index is 12.8. The Morgan fingerprint density at radius 1 is 1.32 bits per heavy atom. The molecule has 8 nitrogen and oxygen atoms in total. The third kappa shape index (κ3) is 4.30. The molecule has 136 valence electrons. The fourth-order valence-electron chi connectivity index (χ4n) is 2.26. The Morgan fingerprint density at radius 3 is 2.52 bits per heavy atom. The van der Waals surface area contributed by atoms with E-state index in [0.717, 1.165) is 0 Å². The zero-order valence-corrected chi connectivity index (χ0v) is 15.6. The molecular weight excluding hydrogens is 344 g/mol. The number of aryl methyl sites for hydroxylation is 1. The Kier molecular flexibility index (Phi) is 5.36. The van der Waals surface area contributed by atoms with Crippen LogP contribution in [0.5, 0.6) is 5.75 Å². The quantitative estimate of drug-likeness (QED) is 0.818. The second kappa shape index (κ2) is 7.14. The SMILES string of the molecule is COc1ccc(NC(C)=O)cc1NS(=O)(=O)c1cn(C(C)C)nc1C. The van der Waals surface area contributed by atoms with Gasteiger partial charge >= 0.3 is 0 Å². The van der Waals surface area contributed by atoms with Crippen molar-refractivity contribution in [2.75, 3.05) is 17.1 Å². The van der Waals surface area contributed by atoms with E-state index >= 15 is 0 Å². The number of hydrogen-bond acceptors (Lipinski definition) is 5. The molecule has 0 radical (unpaired) electrons. The minimum atomic E-state index is -3.86. The van der Waals surface area contributed by atoms with Crippen LogP contribution < -0.4 is 14.8 Å². The molecule has 0 spiro atoms. The van der Waals surface area contributed by atoms with Crippen molar-refractivity contribution in [3.8, 4) is 5.75 Å². The summed E-state index contributed by atoms with van der Waals surface area (Å²) in [5, 5.41) is 6.83. The molecule has 0 fully saturated rings. The van der Waals surface area contributed by atoms with Crippen LogP contribution in [0.25, 0.3) is 0 Å². The summed E-state index contributed by atoms with van der Waals surface area (Å²) in [5.41, 5.74) is 1.09. The summed E-state index contributed by atoms with van der Waals surface area (Å²) in [6.07, 6.45) is 1.49. The van der Waals surface area contributed by atoms with Gasteiger partial charge in [0.1, 0.15) is 10.6 Å². The average Bonchev–Trinajstić information content (AvgIpc) is 2.90. The molecule has 1 aromatic carbocycles. The molecule has 25 heavy (non-hydrogen) atoms. The lowest BCUT2D eigenvalue weighted by Gasteiger charge is -2.13. The molecular formula is C16H22N4O4S. The van der Waals surface area contributed by atoms with Gasteiger partial charge in [0.15, 0.2) is 0 Å². The van der Waals surface area contributed by atoms with Crippen molar-refractivity contribution in [2.45, 2.75) is 38.6 Å². The van der Waals surface area contributed by atoms with E-state index in [-0.39, 0.29) is 22.5 Å². The number of nitrogens with zero attached hydrogens (tertiary/aromatic N) is 2. The van der Waals surface area contributed by atoms with Gasteiger partial charge in [0.25, 0.3) is 10.0 Å². The van der Waals surface area contributed by atoms with E-state index in [2.05, 4.69) is 15.1 Å². The van der Waals surface area contributed by atoms with Crippen molar-refractivity contribution in [3.63, 3.8) is 0 Å². The molecule has 0 unspecified atom stereocenters. The predicted molar refractivity (Wildman–Crippen MR) is 95.5 cm³/mol. The monoisotopic (exact) mass is 366 g/mol. The first-order valence-corrected chi connectivity index (χ1v) is 9.16. The Morgan fingerprint density at radius 2 is 2.00 bits per heavy atom. The zero-order valence-electron chi connectivity index (χ0n) is 14.8. The maximum Gasteiger partial charge on any atom is 0.265 e. The first-order chi connectivity index (χ1) is 11.6. The van der Waals surface area contributed by atoms with Crippen molar-refractivity contribution in [3.05, 3.63) is 30.1 Å². The summed E-state index contributed by atoms with van der Waals surface area (Å²) in [4.78, 5) is 11.3. The normalized spacial score (nSPS) is 11.4. The van der Waals surface area contributed by atoms with E-state index in [1.165, 1.54) is 26.3 Å². The van der Waals surface area contributed by atoms with Gasteiger partial charge in [-0.15, -0.1) is 0 Å². The van der Waals surface area contributed by atoms with E-state index < -0.39 is 10.0 Å². The Bertz CT molecular complexity index is 888. The number of amides is 1.